The summed E-state index contributed by atoms with van der Waals surface area (Å²) < 4.78 is 13.4. The molecule has 3 N–H and O–H groups in total. The Balaban J connectivity index is 2.00. The van der Waals surface area contributed by atoms with Crippen molar-refractivity contribution in [2.24, 2.45) is 5.92 Å². The summed E-state index contributed by atoms with van der Waals surface area (Å²) in [5.41, 5.74) is -0.0927. The number of carboxylic acid groups (broad SMARTS) is 1. The van der Waals surface area contributed by atoms with E-state index in [0.717, 1.165) is 18.9 Å². The van der Waals surface area contributed by atoms with Crippen molar-refractivity contribution in [3.8, 4) is 0 Å². The fourth-order valence-corrected chi connectivity index (χ4v) is 1.88. The second-order valence-electron chi connectivity index (χ2n) is 4.38. The van der Waals surface area contributed by atoms with Crippen LogP contribution in [0.2, 0.25) is 5.02 Å². The number of hydrogen-bond acceptors (Lipinski definition) is 2. The van der Waals surface area contributed by atoms with E-state index in [9.17, 15) is 14.0 Å². The van der Waals surface area contributed by atoms with Gasteiger partial charge in [-0.2, -0.15) is 0 Å². The number of urea groups is 1. The van der Waals surface area contributed by atoms with E-state index in [1.54, 1.807) is 0 Å². The number of nitrogens with one attached hydrogen (secondary N) is 2. The van der Waals surface area contributed by atoms with E-state index in [4.69, 9.17) is 16.7 Å². The molecule has 1 saturated carbocycles. The van der Waals surface area contributed by atoms with Crippen molar-refractivity contribution in [2.75, 3.05) is 5.32 Å². The Bertz CT molecular complexity index is 520. The van der Waals surface area contributed by atoms with Crippen LogP contribution in [0.1, 0.15) is 12.8 Å². The summed E-state index contributed by atoms with van der Waals surface area (Å²) in [6.45, 7) is 0. The molecule has 102 valence electrons. The van der Waals surface area contributed by atoms with Crippen molar-refractivity contribution in [1.82, 2.24) is 5.32 Å². The topological polar surface area (TPSA) is 78.4 Å². The summed E-state index contributed by atoms with van der Waals surface area (Å²) >= 11 is 5.68. The lowest BCUT2D eigenvalue weighted by Crippen LogP contribution is -2.44. The van der Waals surface area contributed by atoms with Gasteiger partial charge >= 0.3 is 12.0 Å². The highest BCUT2D eigenvalue weighted by atomic mass is 35.5. The first-order chi connectivity index (χ1) is 8.97. The standard InChI is InChI=1S/C12H12ClFN2O3/c13-7-3-4-8(14)9(5-7)15-12(19)16-10(11(17)18)6-1-2-6/h3-6,10H,1-2H2,(H,17,18)(H2,15,16,19). The Morgan fingerprint density at radius 2 is 2.11 bits per heavy atom. The summed E-state index contributed by atoms with van der Waals surface area (Å²) in [7, 11) is 0. The SMILES string of the molecule is O=C(Nc1cc(Cl)ccc1F)NC(C(=O)O)C1CC1. The molecule has 1 unspecified atom stereocenters. The van der Waals surface area contributed by atoms with Crippen molar-refractivity contribution in [3.63, 3.8) is 0 Å². The molecule has 0 aromatic heterocycles. The fraction of sp³-hybridized carbons (Fsp3) is 0.333. The summed E-state index contributed by atoms with van der Waals surface area (Å²) in [4.78, 5) is 22.6. The van der Waals surface area contributed by atoms with Gasteiger partial charge in [-0.3, -0.25) is 0 Å². The molecule has 1 aliphatic carbocycles. The lowest BCUT2D eigenvalue weighted by Gasteiger charge is -2.14. The molecule has 1 aliphatic rings. The number of hydrogen-bond donors (Lipinski definition) is 3. The third kappa shape index (κ3) is 3.57. The van der Waals surface area contributed by atoms with Crippen molar-refractivity contribution >= 4 is 29.3 Å². The Labute approximate surface area is 113 Å². The summed E-state index contributed by atoms with van der Waals surface area (Å²) in [5, 5.41) is 13.8. The highest BCUT2D eigenvalue weighted by molar-refractivity contribution is 6.30. The number of carbonyl (C=O) groups is 2. The molecule has 1 aromatic carbocycles. The Morgan fingerprint density at radius 3 is 2.68 bits per heavy atom. The van der Waals surface area contributed by atoms with Crippen molar-refractivity contribution in [1.29, 1.82) is 0 Å². The molecule has 0 aliphatic heterocycles. The predicted molar refractivity (Wildman–Crippen MR) is 67.7 cm³/mol. The van der Waals surface area contributed by atoms with Crippen molar-refractivity contribution in [2.45, 2.75) is 18.9 Å². The highest BCUT2D eigenvalue weighted by Gasteiger charge is 2.37. The molecular weight excluding hydrogens is 275 g/mol. The van der Waals surface area contributed by atoms with Crippen LogP contribution in [0.4, 0.5) is 14.9 Å². The molecule has 5 nitrogen and oxygen atoms in total. The summed E-state index contributed by atoms with van der Waals surface area (Å²) in [5.74, 6) is -1.78. The van der Waals surface area contributed by atoms with Crippen LogP contribution in [-0.4, -0.2) is 23.1 Å². The van der Waals surface area contributed by atoms with Gasteiger partial charge in [0, 0.05) is 5.02 Å². The van der Waals surface area contributed by atoms with Gasteiger partial charge in [-0.25, -0.2) is 14.0 Å². The molecule has 0 radical (unpaired) electrons. The zero-order valence-electron chi connectivity index (χ0n) is 9.82. The third-order valence-corrected chi connectivity index (χ3v) is 3.06. The van der Waals surface area contributed by atoms with Gasteiger partial charge in [-0.05, 0) is 37.0 Å². The molecule has 0 spiro atoms. The monoisotopic (exact) mass is 286 g/mol. The quantitative estimate of drug-likeness (QED) is 0.795. The number of benzene rings is 1. The van der Waals surface area contributed by atoms with Crippen LogP contribution in [0, 0.1) is 11.7 Å². The molecule has 19 heavy (non-hydrogen) atoms. The molecular formula is C12H12ClFN2O3. The Hall–Kier alpha value is -1.82. The minimum atomic E-state index is -1.09. The number of aliphatic carboxylic acids is 1. The minimum absolute atomic E-state index is 0.0486. The van der Waals surface area contributed by atoms with Gasteiger partial charge in [0.25, 0.3) is 0 Å². The van der Waals surface area contributed by atoms with E-state index in [1.165, 1.54) is 12.1 Å². The van der Waals surface area contributed by atoms with Gasteiger partial charge in [0.1, 0.15) is 11.9 Å². The number of rotatable bonds is 4. The number of anilines is 1. The van der Waals surface area contributed by atoms with E-state index < -0.39 is 23.9 Å². The van der Waals surface area contributed by atoms with Crippen LogP contribution in [0.3, 0.4) is 0 Å². The average Bonchev–Trinajstić information content (AvgIpc) is 3.14. The Morgan fingerprint density at radius 1 is 1.42 bits per heavy atom. The molecule has 0 bridgehead atoms. The lowest BCUT2D eigenvalue weighted by atomic mass is 10.2. The number of carboxylic acids is 1. The van der Waals surface area contributed by atoms with Crippen LogP contribution in [0.15, 0.2) is 18.2 Å². The van der Waals surface area contributed by atoms with Gasteiger partial charge in [0.15, 0.2) is 0 Å². The molecule has 2 amide bonds. The molecule has 1 aromatic rings. The Kier molecular flexibility index (Phi) is 3.90. The van der Waals surface area contributed by atoms with Gasteiger partial charge in [0.2, 0.25) is 0 Å². The second kappa shape index (κ2) is 5.44. The normalized spacial score (nSPS) is 15.7. The molecule has 7 heteroatoms. The van der Waals surface area contributed by atoms with Gasteiger partial charge < -0.3 is 15.7 Å². The maximum Gasteiger partial charge on any atom is 0.326 e. The van der Waals surface area contributed by atoms with Crippen molar-refractivity contribution < 1.29 is 19.1 Å². The molecule has 0 saturated heterocycles. The second-order valence-corrected chi connectivity index (χ2v) is 4.81. The molecule has 1 atom stereocenters. The maximum atomic E-state index is 13.4. The van der Waals surface area contributed by atoms with Crippen LogP contribution in [0.5, 0.6) is 0 Å². The zero-order valence-corrected chi connectivity index (χ0v) is 10.6. The van der Waals surface area contributed by atoms with Crippen molar-refractivity contribution in [3.05, 3.63) is 29.0 Å². The van der Waals surface area contributed by atoms with E-state index >= 15 is 0 Å². The van der Waals surface area contributed by atoms with E-state index in [1.807, 2.05) is 0 Å². The summed E-state index contributed by atoms with van der Waals surface area (Å²) in [6, 6.07) is 2.02. The first-order valence-corrected chi connectivity index (χ1v) is 6.10. The largest absolute Gasteiger partial charge is 0.480 e. The van der Waals surface area contributed by atoms with Crippen LogP contribution < -0.4 is 10.6 Å². The first kappa shape index (κ1) is 13.6. The van der Waals surface area contributed by atoms with Gasteiger partial charge in [-0.1, -0.05) is 11.6 Å². The van der Waals surface area contributed by atoms with Gasteiger partial charge in [-0.15, -0.1) is 0 Å². The van der Waals surface area contributed by atoms with Crippen LogP contribution >= 0.6 is 11.6 Å². The van der Waals surface area contributed by atoms with Crippen LogP contribution in [0.25, 0.3) is 0 Å². The first-order valence-electron chi connectivity index (χ1n) is 5.73. The highest BCUT2D eigenvalue weighted by Crippen LogP contribution is 2.32. The summed E-state index contributed by atoms with van der Waals surface area (Å²) in [6.07, 6.45) is 1.53. The number of amides is 2. The third-order valence-electron chi connectivity index (χ3n) is 2.82. The molecule has 0 heterocycles. The average molecular weight is 287 g/mol. The smallest absolute Gasteiger partial charge is 0.326 e. The molecule has 1 fully saturated rings. The van der Waals surface area contributed by atoms with Gasteiger partial charge in [0.05, 0.1) is 5.69 Å². The van der Waals surface area contributed by atoms with E-state index in [2.05, 4.69) is 10.6 Å². The minimum Gasteiger partial charge on any atom is -0.480 e. The predicted octanol–water partition coefficient (Wildman–Crippen LogP) is 2.46. The van der Waals surface area contributed by atoms with Crippen LogP contribution in [-0.2, 0) is 4.79 Å². The number of carbonyl (C=O) groups excluding carboxylic acids is 1. The molecule has 2 rings (SSSR count). The number of halogens is 2. The maximum absolute atomic E-state index is 13.4. The van der Waals surface area contributed by atoms with E-state index in [-0.39, 0.29) is 16.6 Å². The zero-order chi connectivity index (χ0) is 14.0. The fourth-order valence-electron chi connectivity index (χ4n) is 1.70. The van der Waals surface area contributed by atoms with E-state index in [0.29, 0.717) is 0 Å². The lowest BCUT2D eigenvalue weighted by molar-refractivity contribution is -0.139.